The van der Waals surface area contributed by atoms with Gasteiger partial charge in [-0.15, -0.1) is 0 Å². The minimum Gasteiger partial charge on any atom is -0.467 e. The minimum atomic E-state index is -0.484. The zero-order chi connectivity index (χ0) is 25.4. The summed E-state index contributed by atoms with van der Waals surface area (Å²) < 4.78 is 8.25. The maximum atomic E-state index is 12.2. The van der Waals surface area contributed by atoms with Gasteiger partial charge in [-0.2, -0.15) is 0 Å². The van der Waals surface area contributed by atoms with Crippen molar-refractivity contribution in [1.29, 1.82) is 0 Å². The molecule has 2 aromatic heterocycles. The topological polar surface area (TPSA) is 111 Å². The first-order chi connectivity index (χ1) is 17.4. The van der Waals surface area contributed by atoms with Crippen molar-refractivity contribution in [2.75, 3.05) is 33.3 Å². The number of nitrogens with one attached hydrogen (secondary N) is 2. The van der Waals surface area contributed by atoms with E-state index >= 15 is 0 Å². The summed E-state index contributed by atoms with van der Waals surface area (Å²) in [4.78, 5) is 48.3. The van der Waals surface area contributed by atoms with Gasteiger partial charge >= 0.3 is 5.97 Å². The Hall–Kier alpha value is -3.04. The molecular weight excluding hydrogens is 460 g/mol. The molecule has 2 saturated heterocycles. The van der Waals surface area contributed by atoms with Crippen LogP contribution in [0.1, 0.15) is 61.5 Å². The zero-order valence-corrected chi connectivity index (χ0v) is 20.8. The van der Waals surface area contributed by atoms with Crippen LogP contribution in [0.2, 0.25) is 0 Å². The first-order valence-corrected chi connectivity index (χ1v) is 12.9. The SMILES string of the molecule is CCC(=O)[C@H]1C2CNCC(C2)c2cccc(=O)n21.COC(=O)[C@H]1C2CNCC(C2)c2cccc(=O)n21. The van der Waals surface area contributed by atoms with E-state index < -0.39 is 6.04 Å². The summed E-state index contributed by atoms with van der Waals surface area (Å²) in [5.74, 6) is 0.957. The van der Waals surface area contributed by atoms with Crippen molar-refractivity contribution >= 4 is 11.8 Å². The molecule has 4 unspecified atom stereocenters. The lowest BCUT2D eigenvalue weighted by atomic mass is 9.77. The van der Waals surface area contributed by atoms with Crippen LogP contribution < -0.4 is 21.8 Å². The maximum absolute atomic E-state index is 12.2. The summed E-state index contributed by atoms with van der Waals surface area (Å²) in [5, 5.41) is 6.72. The summed E-state index contributed by atoms with van der Waals surface area (Å²) in [6.45, 7) is 5.25. The van der Waals surface area contributed by atoms with Gasteiger partial charge in [0.15, 0.2) is 5.78 Å². The van der Waals surface area contributed by atoms with Crippen LogP contribution in [-0.2, 0) is 14.3 Å². The lowest BCUT2D eigenvalue weighted by Gasteiger charge is -2.42. The largest absolute Gasteiger partial charge is 0.467 e. The smallest absolute Gasteiger partial charge is 0.329 e. The molecule has 6 atom stereocenters. The molecular formula is C27H34N4O5. The highest BCUT2D eigenvalue weighted by Gasteiger charge is 2.42. The van der Waals surface area contributed by atoms with Gasteiger partial charge in [0, 0.05) is 73.9 Å². The van der Waals surface area contributed by atoms with Gasteiger partial charge in [0.05, 0.1) is 13.2 Å². The van der Waals surface area contributed by atoms with E-state index in [0.717, 1.165) is 50.4 Å². The number of nitrogens with zero attached hydrogens (tertiary/aromatic N) is 2. The molecule has 0 aromatic carbocycles. The van der Waals surface area contributed by atoms with Crippen molar-refractivity contribution in [2.45, 2.75) is 50.1 Å². The fourth-order valence-electron chi connectivity index (χ4n) is 6.63. The Morgan fingerprint density at radius 1 is 0.833 bits per heavy atom. The summed E-state index contributed by atoms with van der Waals surface area (Å²) in [5.41, 5.74) is 1.83. The molecule has 4 bridgehead atoms. The van der Waals surface area contributed by atoms with E-state index in [0.29, 0.717) is 18.3 Å². The number of carbonyl (C=O) groups is 2. The van der Waals surface area contributed by atoms with Gasteiger partial charge in [-0.1, -0.05) is 19.1 Å². The Labute approximate surface area is 209 Å². The van der Waals surface area contributed by atoms with Crippen LogP contribution in [-0.4, -0.2) is 54.2 Å². The Morgan fingerprint density at radius 2 is 1.33 bits per heavy atom. The van der Waals surface area contributed by atoms with Crippen molar-refractivity contribution in [3.05, 3.63) is 68.5 Å². The van der Waals surface area contributed by atoms with Gasteiger partial charge in [-0.25, -0.2) is 4.79 Å². The van der Waals surface area contributed by atoms with Crippen molar-refractivity contribution in [2.24, 2.45) is 11.8 Å². The highest BCUT2D eigenvalue weighted by Crippen LogP contribution is 2.40. The number of hydrogen-bond donors (Lipinski definition) is 2. The molecule has 4 aliphatic rings. The Kier molecular flexibility index (Phi) is 6.94. The fraction of sp³-hybridized carbons (Fsp3) is 0.556. The normalized spacial score (nSPS) is 29.6. The predicted octanol–water partition coefficient (Wildman–Crippen LogP) is 1.34. The number of fused-ring (bicyclic) bond motifs is 8. The highest BCUT2D eigenvalue weighted by atomic mass is 16.5. The Morgan fingerprint density at radius 3 is 1.83 bits per heavy atom. The first kappa shape index (κ1) is 24.6. The molecule has 2 N–H and O–H groups in total. The molecule has 6 rings (SSSR count). The van der Waals surface area contributed by atoms with E-state index in [9.17, 15) is 19.2 Å². The molecule has 0 aliphatic carbocycles. The van der Waals surface area contributed by atoms with Crippen LogP contribution in [0.15, 0.2) is 46.0 Å². The monoisotopic (exact) mass is 494 g/mol. The summed E-state index contributed by atoms with van der Waals surface area (Å²) in [6.07, 6.45) is 2.45. The second kappa shape index (κ2) is 10.1. The number of rotatable bonds is 3. The van der Waals surface area contributed by atoms with Gasteiger partial charge in [-0.05, 0) is 30.9 Å². The molecule has 9 heteroatoms. The van der Waals surface area contributed by atoms with Crippen LogP contribution in [0, 0.1) is 11.8 Å². The Bertz CT molecular complexity index is 1170. The number of carbonyl (C=O) groups excluding carboxylic acids is 2. The van der Waals surface area contributed by atoms with Crippen LogP contribution in [0.4, 0.5) is 0 Å². The zero-order valence-electron chi connectivity index (χ0n) is 20.8. The molecule has 0 radical (unpaired) electrons. The fourth-order valence-corrected chi connectivity index (χ4v) is 6.63. The third-order valence-corrected chi connectivity index (χ3v) is 8.22. The number of ketones is 1. The van der Waals surface area contributed by atoms with Crippen LogP contribution in [0.5, 0.6) is 0 Å². The number of piperidine rings is 2. The van der Waals surface area contributed by atoms with Crippen LogP contribution >= 0.6 is 0 Å². The number of ether oxygens (including phenoxy) is 1. The lowest BCUT2D eigenvalue weighted by Crippen LogP contribution is -2.50. The van der Waals surface area contributed by atoms with Crippen molar-refractivity contribution < 1.29 is 14.3 Å². The predicted molar refractivity (Wildman–Crippen MR) is 134 cm³/mol. The van der Waals surface area contributed by atoms with E-state index in [1.165, 1.54) is 13.2 Å². The first-order valence-electron chi connectivity index (χ1n) is 12.9. The minimum absolute atomic E-state index is 0.0316. The molecule has 0 spiro atoms. The molecule has 4 aliphatic heterocycles. The molecule has 0 amide bonds. The van der Waals surface area contributed by atoms with Crippen LogP contribution in [0.3, 0.4) is 0 Å². The maximum Gasteiger partial charge on any atom is 0.329 e. The van der Waals surface area contributed by atoms with Crippen molar-refractivity contribution in [3.63, 3.8) is 0 Å². The van der Waals surface area contributed by atoms with Gasteiger partial charge < -0.3 is 19.9 Å². The van der Waals surface area contributed by atoms with Gasteiger partial charge in [0.25, 0.3) is 11.1 Å². The average molecular weight is 495 g/mol. The van der Waals surface area contributed by atoms with Gasteiger partial charge in [0.1, 0.15) is 6.04 Å². The van der Waals surface area contributed by atoms with E-state index in [1.54, 1.807) is 27.3 Å². The van der Waals surface area contributed by atoms with Gasteiger partial charge in [0.2, 0.25) is 0 Å². The van der Waals surface area contributed by atoms with Gasteiger partial charge in [-0.3, -0.25) is 19.0 Å². The third-order valence-electron chi connectivity index (χ3n) is 8.22. The number of pyridine rings is 2. The second-order valence-electron chi connectivity index (χ2n) is 10.3. The molecule has 36 heavy (non-hydrogen) atoms. The molecule has 9 nitrogen and oxygen atoms in total. The van der Waals surface area contributed by atoms with E-state index in [2.05, 4.69) is 10.6 Å². The quantitative estimate of drug-likeness (QED) is 0.620. The third kappa shape index (κ3) is 4.24. The van der Waals surface area contributed by atoms with E-state index in [4.69, 9.17) is 4.74 Å². The molecule has 0 saturated carbocycles. The summed E-state index contributed by atoms with van der Waals surface area (Å²) in [7, 11) is 1.37. The summed E-state index contributed by atoms with van der Waals surface area (Å²) in [6, 6.07) is 9.82. The average Bonchev–Trinajstić information content (AvgIpc) is 2.90. The van der Waals surface area contributed by atoms with Crippen molar-refractivity contribution in [1.82, 2.24) is 19.8 Å². The highest BCUT2D eigenvalue weighted by molar-refractivity contribution is 5.83. The number of methoxy groups -OCH3 is 1. The second-order valence-corrected chi connectivity index (χ2v) is 10.3. The molecule has 192 valence electrons. The number of aromatic nitrogens is 2. The molecule has 6 heterocycles. The standard InChI is InChI=1S/C14H18N2O2.C13H16N2O3/c1-2-12(17)14-10-6-9(7-15-8-10)11-4-3-5-13(18)16(11)14;1-18-13(17)12-9-5-8(6-14-7-9)10-3-2-4-11(16)15(10)12/h3-5,9-10,14-15H,2,6-8H2,1H3;2-4,8-9,12,14H,5-7H2,1H3/t9?,10?,14-;8?,9?,12-/m11/s1. The molecule has 2 aromatic rings. The van der Waals surface area contributed by atoms with E-state index in [-0.39, 0.29) is 40.7 Å². The molecule has 2 fully saturated rings. The van der Waals surface area contributed by atoms with Crippen molar-refractivity contribution in [3.8, 4) is 0 Å². The summed E-state index contributed by atoms with van der Waals surface area (Å²) >= 11 is 0. The number of hydrogen-bond acceptors (Lipinski definition) is 7. The number of esters is 1. The van der Waals surface area contributed by atoms with E-state index in [1.807, 2.05) is 19.1 Å². The lowest BCUT2D eigenvalue weighted by molar-refractivity contribution is -0.147. The Balaban J connectivity index is 0.000000148. The number of Topliss-reactive ketones (excluding diaryl/α,β-unsaturated/α-hetero) is 1. The van der Waals surface area contributed by atoms with Crippen LogP contribution in [0.25, 0.3) is 0 Å².